The zero-order chi connectivity index (χ0) is 35.0. The molecular formula is C44H55N5+2. The van der Waals surface area contributed by atoms with Crippen molar-refractivity contribution in [3.8, 4) is 0 Å². The Morgan fingerprint density at radius 2 is 0.918 bits per heavy atom. The van der Waals surface area contributed by atoms with Crippen LogP contribution in [-0.2, 0) is 19.3 Å². The van der Waals surface area contributed by atoms with Gasteiger partial charge in [-0.25, -0.2) is 9.97 Å². The van der Waals surface area contributed by atoms with Crippen molar-refractivity contribution >= 4 is 55.4 Å². The van der Waals surface area contributed by atoms with Crippen molar-refractivity contribution in [2.24, 2.45) is 0 Å². The molecule has 0 aromatic carbocycles. The summed E-state index contributed by atoms with van der Waals surface area (Å²) in [5.74, 6) is 0. The van der Waals surface area contributed by atoms with Crippen molar-refractivity contribution < 1.29 is 9.97 Å². The number of allylic oxidation sites excluding steroid dienone is 4. The molecule has 0 fully saturated rings. The molecule has 2 aliphatic heterocycles. The first-order chi connectivity index (χ1) is 23.7. The van der Waals surface area contributed by atoms with Gasteiger partial charge in [0, 0.05) is 68.1 Å². The summed E-state index contributed by atoms with van der Waals surface area (Å²) in [6.45, 7) is 22.6. The van der Waals surface area contributed by atoms with Crippen molar-refractivity contribution in [2.75, 3.05) is 0 Å². The average molecular weight is 654 g/mol. The van der Waals surface area contributed by atoms with E-state index in [2.05, 4.69) is 143 Å². The van der Waals surface area contributed by atoms with Crippen LogP contribution in [-0.4, -0.2) is 15.0 Å². The summed E-state index contributed by atoms with van der Waals surface area (Å²) in [6, 6.07) is 18.0. The highest BCUT2D eigenvalue weighted by molar-refractivity contribution is 5.95. The predicted molar refractivity (Wildman–Crippen MR) is 209 cm³/mol. The van der Waals surface area contributed by atoms with Gasteiger partial charge in [0.05, 0.1) is 0 Å². The van der Waals surface area contributed by atoms with Crippen molar-refractivity contribution in [3.05, 3.63) is 105 Å². The second kappa shape index (κ2) is 14.1. The molecule has 0 saturated heterocycles. The first kappa shape index (κ1) is 34.2. The Morgan fingerprint density at radius 3 is 1.41 bits per heavy atom. The Labute approximate surface area is 292 Å². The van der Waals surface area contributed by atoms with Gasteiger partial charge in [0.1, 0.15) is 5.52 Å². The molecule has 4 aromatic rings. The molecule has 0 unspecified atom stereocenters. The highest BCUT2D eigenvalue weighted by Gasteiger charge is 2.26. The van der Waals surface area contributed by atoms with Gasteiger partial charge in [-0.2, -0.15) is 0 Å². The maximum absolute atomic E-state index is 3.89. The zero-order valence-electron chi connectivity index (χ0n) is 31.4. The van der Waals surface area contributed by atoms with E-state index < -0.39 is 0 Å². The molecule has 6 rings (SSSR count). The summed E-state index contributed by atoms with van der Waals surface area (Å²) in [4.78, 5) is 19.1. The molecule has 0 amide bonds. The fourth-order valence-electron chi connectivity index (χ4n) is 8.30. The third-order valence-corrected chi connectivity index (χ3v) is 11.0. The molecule has 49 heavy (non-hydrogen) atoms. The molecule has 0 aliphatic carbocycles. The third kappa shape index (κ3) is 5.98. The molecule has 5 nitrogen and oxygen atoms in total. The summed E-state index contributed by atoms with van der Waals surface area (Å²) in [7, 11) is 0. The van der Waals surface area contributed by atoms with Crippen LogP contribution in [0.3, 0.4) is 0 Å². The van der Waals surface area contributed by atoms with Gasteiger partial charge in [0.15, 0.2) is 0 Å². The van der Waals surface area contributed by atoms with Crippen LogP contribution in [0.4, 0.5) is 0 Å². The molecule has 0 saturated carbocycles. The molecule has 0 radical (unpaired) electrons. The van der Waals surface area contributed by atoms with Gasteiger partial charge in [-0.05, 0) is 118 Å². The van der Waals surface area contributed by atoms with E-state index in [1.54, 1.807) is 0 Å². The van der Waals surface area contributed by atoms with Crippen LogP contribution in [0.15, 0.2) is 48.5 Å². The molecule has 5 N–H and O–H groups in total. The minimum atomic E-state index is 0.962. The monoisotopic (exact) mass is 653 g/mol. The Kier molecular flexibility index (Phi) is 9.83. The van der Waals surface area contributed by atoms with Crippen LogP contribution in [0.2, 0.25) is 0 Å². The van der Waals surface area contributed by atoms with E-state index >= 15 is 0 Å². The normalized spacial score (nSPS) is 13.0. The highest BCUT2D eigenvalue weighted by Crippen LogP contribution is 2.35. The van der Waals surface area contributed by atoms with Gasteiger partial charge in [0.25, 0.3) is 0 Å². The van der Waals surface area contributed by atoms with Gasteiger partial charge in [0.2, 0.25) is 22.8 Å². The lowest BCUT2D eigenvalue weighted by Gasteiger charge is -1.97. The van der Waals surface area contributed by atoms with Crippen molar-refractivity contribution in [2.45, 2.75) is 108 Å². The molecular weight excluding hydrogens is 599 g/mol. The fraction of sp³-hybridized carbons (Fsp3) is 0.364. The molecule has 2 aliphatic rings. The van der Waals surface area contributed by atoms with Crippen molar-refractivity contribution in [1.82, 2.24) is 15.0 Å². The number of H-pyrrole nitrogens is 5. The highest BCUT2D eigenvalue weighted by atomic mass is 14.8. The van der Waals surface area contributed by atoms with Gasteiger partial charge < -0.3 is 15.0 Å². The second-order valence-electron chi connectivity index (χ2n) is 13.5. The van der Waals surface area contributed by atoms with Crippen LogP contribution < -0.4 is 9.97 Å². The van der Waals surface area contributed by atoms with Crippen LogP contribution in [0, 0.1) is 20.8 Å². The number of hydrogen-bond acceptors (Lipinski definition) is 0. The van der Waals surface area contributed by atoms with E-state index in [-0.39, 0.29) is 0 Å². The Morgan fingerprint density at radius 1 is 0.449 bits per heavy atom. The van der Waals surface area contributed by atoms with Crippen molar-refractivity contribution in [3.63, 3.8) is 0 Å². The summed E-state index contributed by atoms with van der Waals surface area (Å²) in [5.41, 5.74) is 25.3. The second-order valence-corrected chi connectivity index (χ2v) is 13.5. The number of aromatic nitrogens is 5. The molecule has 0 atom stereocenters. The quantitative estimate of drug-likeness (QED) is 0.185. The van der Waals surface area contributed by atoms with E-state index in [9.17, 15) is 0 Å². The van der Waals surface area contributed by atoms with E-state index in [0.29, 0.717) is 0 Å². The molecule has 0 spiro atoms. The van der Waals surface area contributed by atoms with Crippen LogP contribution in [0.25, 0.3) is 55.4 Å². The topological polar surface area (TPSA) is 75.7 Å². The van der Waals surface area contributed by atoms with Crippen LogP contribution >= 0.6 is 0 Å². The summed E-state index contributed by atoms with van der Waals surface area (Å²) < 4.78 is 0. The number of rotatable bonds is 6. The van der Waals surface area contributed by atoms with Crippen molar-refractivity contribution in [1.29, 1.82) is 0 Å². The van der Waals surface area contributed by atoms with Crippen LogP contribution in [0.1, 0.15) is 124 Å². The molecule has 4 aromatic heterocycles. The summed E-state index contributed by atoms with van der Waals surface area (Å²) >= 11 is 0. The van der Waals surface area contributed by atoms with E-state index in [0.717, 1.165) is 49.6 Å². The fourth-order valence-corrected chi connectivity index (χ4v) is 8.30. The maximum atomic E-state index is 3.89. The minimum absolute atomic E-state index is 0.962. The van der Waals surface area contributed by atoms with Gasteiger partial charge in [-0.15, -0.1) is 0 Å². The number of hydrogen-bond donors (Lipinski definition) is 3. The Bertz CT molecular complexity index is 2280. The number of aryl methyl sites for hydroxylation is 6. The molecule has 6 heterocycles. The van der Waals surface area contributed by atoms with Gasteiger partial charge >= 0.3 is 0 Å². The predicted octanol–water partition coefficient (Wildman–Crippen LogP) is 11.0. The SMILES string of the molecule is CCC1=C(CC)c2cccc3[nH]c(cc4[nH]c(c5[nH+]c(cc6[nH]c(cccc1[nH+]2)c(C)c6CC)C(CC)=C5C)c(C)c4CC)c(CC)c3C. The first-order valence-electron chi connectivity index (χ1n) is 18.5. The summed E-state index contributed by atoms with van der Waals surface area (Å²) in [5, 5.41) is 0. The minimum Gasteiger partial charge on any atom is -0.355 e. The summed E-state index contributed by atoms with van der Waals surface area (Å²) in [6.07, 6.45) is 5.84. The molecule has 254 valence electrons. The maximum Gasteiger partial charge on any atom is 0.231 e. The largest absolute Gasteiger partial charge is 0.355 e. The molecule has 5 heteroatoms. The third-order valence-electron chi connectivity index (χ3n) is 11.0. The lowest BCUT2D eigenvalue weighted by molar-refractivity contribution is -0.381. The first-order valence-corrected chi connectivity index (χ1v) is 18.5. The van der Waals surface area contributed by atoms with Crippen LogP contribution in [0.5, 0.6) is 0 Å². The Balaban J connectivity index is 1.76. The average Bonchev–Trinajstić information content (AvgIpc) is 3.85. The van der Waals surface area contributed by atoms with E-state index in [1.165, 1.54) is 101 Å². The number of aromatic amines is 5. The zero-order valence-corrected chi connectivity index (χ0v) is 31.4. The van der Waals surface area contributed by atoms with Gasteiger partial charge in [-0.1, -0.05) is 53.7 Å². The van der Waals surface area contributed by atoms with E-state index in [1.807, 2.05) is 0 Å². The number of fused-ring (bicyclic) bond motifs is 11. The smallest absolute Gasteiger partial charge is 0.231 e. The lowest BCUT2D eigenvalue weighted by atomic mass is 10.0. The number of nitrogens with one attached hydrogen (secondary N) is 5. The van der Waals surface area contributed by atoms with Gasteiger partial charge in [-0.3, -0.25) is 0 Å². The standard InChI is InChI=1S/C44H53N5/c1-11-29-25(7)35-19-17-21-37-33(15-5)34(16-6)38(47-37)22-18-20-36-26(8)30(12-2)40(46-36)24-42-32(14-4)28(10)44(49-42)43-27(9)31(13-3)41(48-43)23-39(29)45-35/h17-24,45-46,48H,11-16H2,1-10H3/p+2. The Hall–Kier alpha value is -4.64. The van der Waals surface area contributed by atoms with E-state index in [4.69, 9.17) is 0 Å². The lowest BCUT2D eigenvalue weighted by Crippen LogP contribution is -2.07. The molecule has 10 bridgehead atoms.